The molecule has 0 bridgehead atoms. The summed E-state index contributed by atoms with van der Waals surface area (Å²) in [6.07, 6.45) is 0. The third-order valence-corrected chi connectivity index (χ3v) is 2.97. The van der Waals surface area contributed by atoms with Crippen LogP contribution in [0.3, 0.4) is 0 Å². The van der Waals surface area contributed by atoms with Gasteiger partial charge in [0.1, 0.15) is 0 Å². The molecule has 3 nitrogen and oxygen atoms in total. The second-order valence-electron chi connectivity index (χ2n) is 4.07. The Balaban J connectivity index is 2.69. The van der Waals surface area contributed by atoms with Gasteiger partial charge in [0.15, 0.2) is 0 Å². The summed E-state index contributed by atoms with van der Waals surface area (Å²) in [6.45, 7) is 4.95. The molecule has 0 amide bonds. The van der Waals surface area contributed by atoms with Gasteiger partial charge < -0.3 is 4.98 Å². The summed E-state index contributed by atoms with van der Waals surface area (Å²) in [4.78, 5) is 14.6. The zero-order valence-electron chi connectivity index (χ0n) is 8.75. The summed E-state index contributed by atoms with van der Waals surface area (Å²) in [5.74, 6) is 0.459. The first-order chi connectivity index (χ1) is 7.09. The molecule has 0 aliphatic carbocycles. The number of imidazole rings is 1. The van der Waals surface area contributed by atoms with Crippen LogP contribution in [-0.2, 0) is 6.54 Å². The number of aromatic nitrogens is 2. The molecular weight excluding hydrogens is 256 g/mol. The van der Waals surface area contributed by atoms with Crippen molar-refractivity contribution in [2.24, 2.45) is 5.92 Å². The molecule has 0 aliphatic rings. The van der Waals surface area contributed by atoms with Crippen LogP contribution in [-0.4, -0.2) is 9.55 Å². The number of hydrogen-bond donors (Lipinski definition) is 1. The van der Waals surface area contributed by atoms with Gasteiger partial charge in [-0.2, -0.15) is 0 Å². The van der Waals surface area contributed by atoms with Gasteiger partial charge in [-0.1, -0.05) is 19.9 Å². The molecule has 0 saturated heterocycles. The van der Waals surface area contributed by atoms with Gasteiger partial charge in [0.05, 0.1) is 11.0 Å². The van der Waals surface area contributed by atoms with E-state index in [0.29, 0.717) is 5.92 Å². The molecule has 1 aromatic heterocycles. The third kappa shape index (κ3) is 1.86. The highest BCUT2D eigenvalue weighted by Crippen LogP contribution is 2.20. The van der Waals surface area contributed by atoms with E-state index >= 15 is 0 Å². The Morgan fingerprint density at radius 3 is 2.87 bits per heavy atom. The lowest BCUT2D eigenvalue weighted by molar-refractivity contribution is 0.522. The fourth-order valence-corrected chi connectivity index (χ4v) is 2.15. The zero-order chi connectivity index (χ0) is 11.0. The van der Waals surface area contributed by atoms with Gasteiger partial charge in [0.25, 0.3) is 0 Å². The topological polar surface area (TPSA) is 37.8 Å². The van der Waals surface area contributed by atoms with Gasteiger partial charge in [0, 0.05) is 11.0 Å². The molecule has 0 spiro atoms. The normalized spacial score (nSPS) is 11.5. The van der Waals surface area contributed by atoms with Crippen molar-refractivity contribution >= 4 is 27.0 Å². The molecule has 4 heteroatoms. The lowest BCUT2D eigenvalue weighted by Gasteiger charge is -2.05. The van der Waals surface area contributed by atoms with E-state index in [1.807, 2.05) is 18.2 Å². The number of nitrogens with zero attached hydrogens (tertiary/aromatic N) is 1. The minimum atomic E-state index is -0.0365. The van der Waals surface area contributed by atoms with Crippen LogP contribution >= 0.6 is 15.9 Å². The Hall–Kier alpha value is -1.03. The average molecular weight is 269 g/mol. The van der Waals surface area contributed by atoms with Crippen molar-refractivity contribution in [3.05, 3.63) is 33.2 Å². The fraction of sp³-hybridized carbons (Fsp3) is 0.364. The Kier molecular flexibility index (Phi) is 2.69. The number of fused-ring (bicyclic) bond motifs is 1. The molecule has 15 heavy (non-hydrogen) atoms. The number of halogens is 1. The van der Waals surface area contributed by atoms with Gasteiger partial charge >= 0.3 is 5.69 Å². The van der Waals surface area contributed by atoms with Crippen molar-refractivity contribution in [2.45, 2.75) is 20.4 Å². The zero-order valence-corrected chi connectivity index (χ0v) is 10.3. The smallest absolute Gasteiger partial charge is 0.305 e. The molecule has 1 heterocycles. The third-order valence-electron chi connectivity index (χ3n) is 2.31. The van der Waals surface area contributed by atoms with Crippen molar-refractivity contribution in [3.8, 4) is 0 Å². The first kappa shape index (κ1) is 10.5. The van der Waals surface area contributed by atoms with Crippen molar-refractivity contribution < 1.29 is 0 Å². The molecule has 80 valence electrons. The average Bonchev–Trinajstić information content (AvgIpc) is 2.45. The first-order valence-corrected chi connectivity index (χ1v) is 5.76. The molecule has 1 N–H and O–H groups in total. The van der Waals surface area contributed by atoms with Gasteiger partial charge in [-0.3, -0.25) is 4.57 Å². The minimum Gasteiger partial charge on any atom is -0.305 e. The van der Waals surface area contributed by atoms with Crippen molar-refractivity contribution in [3.63, 3.8) is 0 Å². The largest absolute Gasteiger partial charge is 0.326 e. The van der Waals surface area contributed by atoms with Crippen LogP contribution in [0.25, 0.3) is 11.0 Å². The standard InChI is InChI=1S/C11H13BrN2O/c1-7(2)6-14-9-5-3-4-8(12)10(9)13-11(14)15/h3-5,7H,6H2,1-2H3,(H,13,15). The summed E-state index contributed by atoms with van der Waals surface area (Å²) in [7, 11) is 0. The maximum atomic E-state index is 11.7. The van der Waals surface area contributed by atoms with Crippen molar-refractivity contribution in [1.82, 2.24) is 9.55 Å². The van der Waals surface area contributed by atoms with Crippen LogP contribution in [0.5, 0.6) is 0 Å². The van der Waals surface area contributed by atoms with Crippen molar-refractivity contribution in [2.75, 3.05) is 0 Å². The summed E-state index contributed by atoms with van der Waals surface area (Å²) in [6, 6.07) is 5.83. The summed E-state index contributed by atoms with van der Waals surface area (Å²) < 4.78 is 2.71. The molecule has 1 aromatic carbocycles. The number of aromatic amines is 1. The highest BCUT2D eigenvalue weighted by molar-refractivity contribution is 9.10. The summed E-state index contributed by atoms with van der Waals surface area (Å²) in [5.41, 5.74) is 1.80. The van der Waals surface area contributed by atoms with Crippen molar-refractivity contribution in [1.29, 1.82) is 0 Å². The van der Waals surface area contributed by atoms with Crippen LogP contribution in [0.2, 0.25) is 0 Å². The number of H-pyrrole nitrogens is 1. The SMILES string of the molecule is CC(C)Cn1c(=O)[nH]c2c(Br)cccc21. The molecule has 2 rings (SSSR count). The van der Waals surface area contributed by atoms with Gasteiger partial charge in [-0.15, -0.1) is 0 Å². The Morgan fingerprint density at radius 2 is 2.20 bits per heavy atom. The van der Waals surface area contributed by atoms with E-state index in [1.165, 1.54) is 0 Å². The van der Waals surface area contributed by atoms with E-state index < -0.39 is 0 Å². The number of para-hydroxylation sites is 1. The van der Waals surface area contributed by atoms with E-state index in [0.717, 1.165) is 22.1 Å². The van der Waals surface area contributed by atoms with Crippen LogP contribution in [0.4, 0.5) is 0 Å². The molecule has 0 aliphatic heterocycles. The van der Waals surface area contributed by atoms with Crippen LogP contribution in [0, 0.1) is 5.92 Å². The van der Waals surface area contributed by atoms with Crippen LogP contribution < -0.4 is 5.69 Å². The summed E-state index contributed by atoms with van der Waals surface area (Å²) >= 11 is 3.43. The second kappa shape index (κ2) is 3.85. The lowest BCUT2D eigenvalue weighted by atomic mass is 10.2. The monoisotopic (exact) mass is 268 g/mol. The maximum Gasteiger partial charge on any atom is 0.326 e. The van der Waals surface area contributed by atoms with Crippen LogP contribution in [0.1, 0.15) is 13.8 Å². The quantitative estimate of drug-likeness (QED) is 0.894. The van der Waals surface area contributed by atoms with E-state index in [1.54, 1.807) is 4.57 Å². The molecule has 0 radical (unpaired) electrons. The van der Waals surface area contributed by atoms with E-state index in [9.17, 15) is 4.79 Å². The van der Waals surface area contributed by atoms with Gasteiger partial charge in [-0.05, 0) is 34.0 Å². The van der Waals surface area contributed by atoms with E-state index in [4.69, 9.17) is 0 Å². The molecular formula is C11H13BrN2O. The molecule has 0 atom stereocenters. The molecule has 2 aromatic rings. The van der Waals surface area contributed by atoms with Gasteiger partial charge in [-0.25, -0.2) is 4.79 Å². The second-order valence-corrected chi connectivity index (χ2v) is 4.92. The maximum absolute atomic E-state index is 11.7. The molecule has 0 saturated carbocycles. The lowest BCUT2D eigenvalue weighted by Crippen LogP contribution is -2.19. The highest BCUT2D eigenvalue weighted by Gasteiger charge is 2.09. The Labute approximate surface area is 96.2 Å². The number of nitrogens with one attached hydrogen (secondary N) is 1. The Bertz CT molecular complexity index is 539. The van der Waals surface area contributed by atoms with Crippen LogP contribution in [0.15, 0.2) is 27.5 Å². The highest BCUT2D eigenvalue weighted by atomic mass is 79.9. The van der Waals surface area contributed by atoms with E-state index in [-0.39, 0.29) is 5.69 Å². The Morgan fingerprint density at radius 1 is 1.47 bits per heavy atom. The number of hydrogen-bond acceptors (Lipinski definition) is 1. The number of benzene rings is 1. The minimum absolute atomic E-state index is 0.0365. The fourth-order valence-electron chi connectivity index (χ4n) is 1.69. The number of rotatable bonds is 2. The molecule has 0 unspecified atom stereocenters. The summed E-state index contributed by atoms with van der Waals surface area (Å²) in [5, 5.41) is 0. The molecule has 0 fully saturated rings. The predicted molar refractivity (Wildman–Crippen MR) is 65.1 cm³/mol. The van der Waals surface area contributed by atoms with E-state index in [2.05, 4.69) is 34.8 Å². The predicted octanol–water partition coefficient (Wildman–Crippen LogP) is 2.75. The van der Waals surface area contributed by atoms with Gasteiger partial charge in [0.2, 0.25) is 0 Å². The first-order valence-electron chi connectivity index (χ1n) is 4.96.